The van der Waals surface area contributed by atoms with E-state index in [9.17, 15) is 18.8 Å². The minimum absolute atomic E-state index is 0.0300. The third-order valence-corrected chi connectivity index (χ3v) is 7.36. The van der Waals surface area contributed by atoms with Gasteiger partial charge in [0, 0.05) is 18.0 Å². The number of fused-ring (bicyclic) bond motifs is 1. The average molecular weight is 555 g/mol. The van der Waals surface area contributed by atoms with E-state index in [0.717, 1.165) is 5.56 Å². The van der Waals surface area contributed by atoms with E-state index in [1.807, 2.05) is 0 Å². The molecule has 2 aromatic carbocycles. The first-order chi connectivity index (χ1) is 18.2. The molecule has 0 saturated carbocycles. The van der Waals surface area contributed by atoms with Gasteiger partial charge in [-0.1, -0.05) is 58.8 Å². The zero-order valence-electron chi connectivity index (χ0n) is 19.9. The van der Waals surface area contributed by atoms with Crippen molar-refractivity contribution >= 4 is 40.9 Å². The summed E-state index contributed by atoms with van der Waals surface area (Å²) in [5.74, 6) is -2.43. The van der Waals surface area contributed by atoms with Crippen LogP contribution in [0.15, 0.2) is 71.7 Å². The predicted molar refractivity (Wildman–Crippen MR) is 138 cm³/mol. The maximum atomic E-state index is 14.6. The molecule has 38 heavy (non-hydrogen) atoms. The Balaban J connectivity index is 1.45. The number of aromatic carboxylic acids is 1. The number of carboxylic acids is 1. The molecule has 0 saturated heterocycles. The number of aromatic nitrogens is 3. The van der Waals surface area contributed by atoms with Crippen LogP contribution in [-0.4, -0.2) is 49.2 Å². The van der Waals surface area contributed by atoms with Crippen LogP contribution < -0.4 is 0 Å². The standard InChI is InChI=1S/C27H21Cl2FN4O4/c28-19-4-1-3-18-17(19)11-12-33(25(18)23(35)13-15-7-9-16(10-8-15)27(37)38)26(36)21-14-34(32-31-21)22-6-2-5-20(29)24(22)30/h1-5,7-10,14,22,25H,6,11-13H2,(H,37,38). The molecule has 0 radical (unpaired) electrons. The number of carbonyl (C=O) groups is 3. The Bertz CT molecular complexity index is 1500. The van der Waals surface area contributed by atoms with Gasteiger partial charge in [0.25, 0.3) is 5.91 Å². The van der Waals surface area contributed by atoms with Gasteiger partial charge in [0.15, 0.2) is 11.5 Å². The lowest BCUT2D eigenvalue weighted by molar-refractivity contribution is -0.123. The number of carboxylic acid groups (broad SMARTS) is 1. The number of rotatable bonds is 6. The van der Waals surface area contributed by atoms with Gasteiger partial charge in [-0.3, -0.25) is 9.59 Å². The molecule has 0 bridgehead atoms. The maximum Gasteiger partial charge on any atom is 0.335 e. The number of hydrogen-bond donors (Lipinski definition) is 1. The summed E-state index contributed by atoms with van der Waals surface area (Å²) in [6.07, 6.45) is 5.24. The highest BCUT2D eigenvalue weighted by Crippen LogP contribution is 2.36. The van der Waals surface area contributed by atoms with Gasteiger partial charge in [-0.25, -0.2) is 13.9 Å². The number of nitrogens with zero attached hydrogens (tertiary/aromatic N) is 4. The fourth-order valence-electron chi connectivity index (χ4n) is 4.79. The summed E-state index contributed by atoms with van der Waals surface area (Å²) < 4.78 is 15.8. The molecule has 3 aromatic rings. The molecule has 2 aliphatic rings. The monoisotopic (exact) mass is 554 g/mol. The van der Waals surface area contributed by atoms with E-state index in [0.29, 0.717) is 29.0 Å². The second-order valence-corrected chi connectivity index (χ2v) is 9.85. The van der Waals surface area contributed by atoms with Crippen molar-refractivity contribution < 1.29 is 23.9 Å². The fourth-order valence-corrected chi connectivity index (χ4v) is 5.29. The smallest absolute Gasteiger partial charge is 0.335 e. The summed E-state index contributed by atoms with van der Waals surface area (Å²) in [6.45, 7) is 0.211. The molecule has 0 fully saturated rings. The van der Waals surface area contributed by atoms with Crippen LogP contribution in [0.2, 0.25) is 5.02 Å². The normalized spacial score (nSPS) is 18.9. The SMILES string of the molecule is O=C(O)c1ccc(CC(=O)C2c3cccc(Cl)c3CCN2C(=O)c2cn(C3CC=CC(Cl)=C3F)nn2)cc1. The molecule has 2 unspecified atom stereocenters. The van der Waals surface area contributed by atoms with Crippen LogP contribution in [-0.2, 0) is 17.6 Å². The van der Waals surface area contributed by atoms with E-state index in [2.05, 4.69) is 10.3 Å². The lowest BCUT2D eigenvalue weighted by Gasteiger charge is -2.36. The van der Waals surface area contributed by atoms with Crippen molar-refractivity contribution in [3.63, 3.8) is 0 Å². The van der Waals surface area contributed by atoms with Crippen LogP contribution in [0, 0.1) is 0 Å². The van der Waals surface area contributed by atoms with Crippen molar-refractivity contribution in [1.29, 1.82) is 0 Å². The molecule has 0 spiro atoms. The Morgan fingerprint density at radius 2 is 1.87 bits per heavy atom. The Hall–Kier alpha value is -3.82. The van der Waals surface area contributed by atoms with Crippen LogP contribution in [0.1, 0.15) is 56.0 Å². The summed E-state index contributed by atoms with van der Waals surface area (Å²) in [5.41, 5.74) is 2.10. The summed E-state index contributed by atoms with van der Waals surface area (Å²) >= 11 is 12.3. The van der Waals surface area contributed by atoms with Gasteiger partial charge < -0.3 is 10.0 Å². The number of Topliss-reactive ketones (excluding diaryl/α,β-unsaturated/α-hetero) is 1. The second kappa shape index (κ2) is 10.5. The van der Waals surface area contributed by atoms with Gasteiger partial charge >= 0.3 is 5.97 Å². The Morgan fingerprint density at radius 1 is 1.11 bits per heavy atom. The number of amides is 1. The molecular formula is C27H21Cl2FN4O4. The van der Waals surface area contributed by atoms with Crippen LogP contribution in [0.25, 0.3) is 0 Å². The zero-order valence-corrected chi connectivity index (χ0v) is 21.4. The first-order valence-electron chi connectivity index (χ1n) is 11.8. The third-order valence-electron chi connectivity index (χ3n) is 6.70. The highest BCUT2D eigenvalue weighted by Gasteiger charge is 2.38. The molecule has 1 N–H and O–H groups in total. The Labute approximate surface area is 227 Å². The minimum atomic E-state index is -1.06. The van der Waals surface area contributed by atoms with Gasteiger partial charge in [0.05, 0.1) is 16.8 Å². The molecule has 8 nitrogen and oxygen atoms in total. The van der Waals surface area contributed by atoms with E-state index in [-0.39, 0.29) is 35.0 Å². The zero-order chi connectivity index (χ0) is 27.0. The van der Waals surface area contributed by atoms with E-state index in [1.165, 1.54) is 34.0 Å². The fraction of sp³-hybridized carbons (Fsp3) is 0.222. The Kier molecular flexibility index (Phi) is 7.14. The molecular weight excluding hydrogens is 534 g/mol. The second-order valence-electron chi connectivity index (χ2n) is 9.04. The summed E-state index contributed by atoms with van der Waals surface area (Å²) in [7, 11) is 0. The Morgan fingerprint density at radius 3 is 2.61 bits per heavy atom. The van der Waals surface area contributed by atoms with Crippen LogP contribution in [0.5, 0.6) is 0 Å². The molecule has 2 atom stereocenters. The van der Waals surface area contributed by atoms with E-state index >= 15 is 0 Å². The quantitative estimate of drug-likeness (QED) is 0.454. The highest BCUT2D eigenvalue weighted by atomic mass is 35.5. The summed E-state index contributed by atoms with van der Waals surface area (Å²) in [4.78, 5) is 39.9. The molecule has 1 aliphatic carbocycles. The summed E-state index contributed by atoms with van der Waals surface area (Å²) in [6, 6.07) is 9.48. The molecule has 1 aromatic heterocycles. The number of carbonyl (C=O) groups excluding carboxylic acids is 2. The first-order valence-corrected chi connectivity index (χ1v) is 12.6. The first kappa shape index (κ1) is 25.8. The van der Waals surface area contributed by atoms with E-state index < -0.39 is 29.8 Å². The molecule has 2 heterocycles. The molecule has 194 valence electrons. The average Bonchev–Trinajstić information content (AvgIpc) is 3.40. The predicted octanol–water partition coefficient (Wildman–Crippen LogP) is 5.10. The van der Waals surface area contributed by atoms with Gasteiger partial charge in [0.1, 0.15) is 17.9 Å². The van der Waals surface area contributed by atoms with Crippen molar-refractivity contribution in [1.82, 2.24) is 19.9 Å². The van der Waals surface area contributed by atoms with Gasteiger partial charge in [-0.15, -0.1) is 5.10 Å². The third kappa shape index (κ3) is 4.87. The highest BCUT2D eigenvalue weighted by molar-refractivity contribution is 6.31. The number of halogens is 3. The largest absolute Gasteiger partial charge is 0.478 e. The number of benzene rings is 2. The topological polar surface area (TPSA) is 105 Å². The van der Waals surface area contributed by atoms with Crippen LogP contribution in [0.4, 0.5) is 4.39 Å². The van der Waals surface area contributed by atoms with Crippen molar-refractivity contribution in [3.05, 3.63) is 105 Å². The van der Waals surface area contributed by atoms with E-state index in [4.69, 9.17) is 28.3 Å². The maximum absolute atomic E-state index is 14.6. The van der Waals surface area contributed by atoms with Crippen molar-refractivity contribution in [2.24, 2.45) is 0 Å². The van der Waals surface area contributed by atoms with Crippen molar-refractivity contribution in [2.45, 2.75) is 31.3 Å². The van der Waals surface area contributed by atoms with E-state index in [1.54, 1.807) is 36.4 Å². The molecule has 5 rings (SSSR count). The van der Waals surface area contributed by atoms with Gasteiger partial charge in [-0.2, -0.15) is 0 Å². The minimum Gasteiger partial charge on any atom is -0.478 e. The van der Waals surface area contributed by atoms with Gasteiger partial charge in [0.2, 0.25) is 0 Å². The van der Waals surface area contributed by atoms with Crippen molar-refractivity contribution in [3.8, 4) is 0 Å². The van der Waals surface area contributed by atoms with Crippen LogP contribution in [0.3, 0.4) is 0 Å². The lowest BCUT2D eigenvalue weighted by Crippen LogP contribution is -2.44. The molecule has 11 heteroatoms. The number of allylic oxidation sites excluding steroid dienone is 4. The molecule has 1 aliphatic heterocycles. The lowest BCUT2D eigenvalue weighted by atomic mass is 9.87. The van der Waals surface area contributed by atoms with Crippen molar-refractivity contribution in [2.75, 3.05) is 6.54 Å². The summed E-state index contributed by atoms with van der Waals surface area (Å²) in [5, 5.41) is 17.6. The molecule has 1 amide bonds. The number of hydrogen-bond acceptors (Lipinski definition) is 5. The number of ketones is 1. The van der Waals surface area contributed by atoms with Crippen LogP contribution >= 0.6 is 23.2 Å². The van der Waals surface area contributed by atoms with Gasteiger partial charge in [-0.05, 0) is 53.8 Å².